The van der Waals surface area contributed by atoms with Crippen LogP contribution in [0.3, 0.4) is 0 Å². The summed E-state index contributed by atoms with van der Waals surface area (Å²) in [5.41, 5.74) is 10.5. The summed E-state index contributed by atoms with van der Waals surface area (Å²) in [5, 5.41) is 3.69. The molecule has 120 valence electrons. The van der Waals surface area contributed by atoms with Gasteiger partial charge in [-0.1, -0.05) is 48.5 Å². The van der Waals surface area contributed by atoms with Crippen LogP contribution in [0.2, 0.25) is 0 Å². The summed E-state index contributed by atoms with van der Waals surface area (Å²) < 4.78 is 0. The molecule has 0 spiro atoms. The summed E-state index contributed by atoms with van der Waals surface area (Å²) in [6.45, 7) is 0.905. The van der Waals surface area contributed by atoms with E-state index in [2.05, 4.69) is 41.7 Å². The first kappa shape index (κ1) is 15.8. The molecule has 1 atom stereocenters. The molecule has 2 aromatic rings. The Bertz CT molecular complexity index is 667. The molecule has 0 radical (unpaired) electrons. The SMILES string of the molecule is NC(=O)Cc1ccc2c(c1)CC(NCc1ccccc1)CCC2. The van der Waals surface area contributed by atoms with Gasteiger partial charge in [-0.25, -0.2) is 0 Å². The predicted octanol–water partition coefficient (Wildman–Crippen LogP) is 2.75. The highest BCUT2D eigenvalue weighted by molar-refractivity contribution is 5.76. The van der Waals surface area contributed by atoms with Crippen LogP contribution in [-0.4, -0.2) is 11.9 Å². The molecule has 3 nitrogen and oxygen atoms in total. The zero-order valence-corrected chi connectivity index (χ0v) is 13.4. The van der Waals surface area contributed by atoms with Crippen molar-refractivity contribution in [1.82, 2.24) is 5.32 Å². The second kappa shape index (κ2) is 7.42. The van der Waals surface area contributed by atoms with E-state index >= 15 is 0 Å². The van der Waals surface area contributed by atoms with E-state index in [0.29, 0.717) is 12.5 Å². The Hall–Kier alpha value is -2.13. The number of fused-ring (bicyclic) bond motifs is 1. The zero-order chi connectivity index (χ0) is 16.1. The standard InChI is InChI=1S/C20H24N2O/c21-20(23)12-16-9-10-17-7-4-8-19(13-18(17)11-16)22-14-15-5-2-1-3-6-15/h1-3,5-6,9-11,19,22H,4,7-8,12-14H2,(H2,21,23). The van der Waals surface area contributed by atoms with Gasteiger partial charge < -0.3 is 11.1 Å². The number of aryl methyl sites for hydroxylation is 1. The maximum atomic E-state index is 11.1. The average Bonchev–Trinajstić information content (AvgIpc) is 2.75. The van der Waals surface area contributed by atoms with E-state index in [1.54, 1.807) is 0 Å². The van der Waals surface area contributed by atoms with Gasteiger partial charge >= 0.3 is 0 Å². The van der Waals surface area contributed by atoms with Crippen molar-refractivity contribution in [2.45, 2.75) is 44.7 Å². The molecule has 23 heavy (non-hydrogen) atoms. The van der Waals surface area contributed by atoms with E-state index in [4.69, 9.17) is 5.73 Å². The van der Waals surface area contributed by atoms with Crippen LogP contribution in [0, 0.1) is 0 Å². The minimum absolute atomic E-state index is 0.266. The minimum atomic E-state index is -0.266. The second-order valence-corrected chi connectivity index (χ2v) is 6.41. The van der Waals surface area contributed by atoms with Gasteiger partial charge in [-0.05, 0) is 47.9 Å². The fourth-order valence-electron chi connectivity index (χ4n) is 3.36. The number of hydrogen-bond donors (Lipinski definition) is 2. The Kier molecular flexibility index (Phi) is 5.09. The van der Waals surface area contributed by atoms with Gasteiger partial charge in [0, 0.05) is 12.6 Å². The number of benzene rings is 2. The molecular formula is C20H24N2O. The number of carbonyl (C=O) groups excluding carboxylic acids is 1. The number of amides is 1. The molecule has 1 amide bonds. The lowest BCUT2D eigenvalue weighted by Gasteiger charge is -2.17. The third-order valence-electron chi connectivity index (χ3n) is 4.55. The van der Waals surface area contributed by atoms with Crippen LogP contribution >= 0.6 is 0 Å². The smallest absolute Gasteiger partial charge is 0.221 e. The van der Waals surface area contributed by atoms with E-state index < -0.39 is 0 Å². The Morgan fingerprint density at radius 3 is 2.70 bits per heavy atom. The first-order chi connectivity index (χ1) is 11.2. The summed E-state index contributed by atoms with van der Waals surface area (Å²) in [5.74, 6) is -0.266. The van der Waals surface area contributed by atoms with Crippen LogP contribution < -0.4 is 11.1 Å². The van der Waals surface area contributed by atoms with Gasteiger partial charge in [0.1, 0.15) is 0 Å². The summed E-state index contributed by atoms with van der Waals surface area (Å²) in [7, 11) is 0. The number of carbonyl (C=O) groups is 1. The lowest BCUT2D eigenvalue weighted by molar-refractivity contribution is -0.117. The quantitative estimate of drug-likeness (QED) is 0.835. The molecule has 3 rings (SSSR count). The van der Waals surface area contributed by atoms with Gasteiger partial charge in [0.25, 0.3) is 0 Å². The van der Waals surface area contributed by atoms with Crippen LogP contribution in [0.15, 0.2) is 48.5 Å². The Morgan fingerprint density at radius 2 is 1.91 bits per heavy atom. The highest BCUT2D eigenvalue weighted by atomic mass is 16.1. The van der Waals surface area contributed by atoms with Gasteiger partial charge in [0.15, 0.2) is 0 Å². The summed E-state index contributed by atoms with van der Waals surface area (Å²) in [4.78, 5) is 11.1. The van der Waals surface area contributed by atoms with Crippen LogP contribution in [0.1, 0.15) is 35.1 Å². The first-order valence-electron chi connectivity index (χ1n) is 8.37. The van der Waals surface area contributed by atoms with E-state index in [1.807, 2.05) is 12.1 Å². The van der Waals surface area contributed by atoms with Crippen molar-refractivity contribution < 1.29 is 4.79 Å². The van der Waals surface area contributed by atoms with E-state index in [9.17, 15) is 4.79 Å². The van der Waals surface area contributed by atoms with Gasteiger partial charge in [-0.2, -0.15) is 0 Å². The molecule has 0 heterocycles. The number of nitrogens with one attached hydrogen (secondary N) is 1. The largest absolute Gasteiger partial charge is 0.369 e. The molecule has 0 fully saturated rings. The van der Waals surface area contributed by atoms with E-state index in [1.165, 1.54) is 29.5 Å². The second-order valence-electron chi connectivity index (χ2n) is 6.41. The van der Waals surface area contributed by atoms with Crippen LogP contribution in [0.4, 0.5) is 0 Å². The van der Waals surface area contributed by atoms with Crippen LogP contribution in [0.25, 0.3) is 0 Å². The molecule has 3 N–H and O–H groups in total. The minimum Gasteiger partial charge on any atom is -0.369 e. The summed E-state index contributed by atoms with van der Waals surface area (Å²) >= 11 is 0. The molecule has 3 heteroatoms. The van der Waals surface area contributed by atoms with Gasteiger partial charge in [0.05, 0.1) is 6.42 Å². The third kappa shape index (κ3) is 4.42. The fourth-order valence-corrected chi connectivity index (χ4v) is 3.36. The normalized spacial score (nSPS) is 17.3. The highest BCUT2D eigenvalue weighted by Crippen LogP contribution is 2.22. The van der Waals surface area contributed by atoms with Crippen molar-refractivity contribution in [3.63, 3.8) is 0 Å². The van der Waals surface area contributed by atoms with Crippen molar-refractivity contribution >= 4 is 5.91 Å². The van der Waals surface area contributed by atoms with Crippen molar-refractivity contribution in [3.8, 4) is 0 Å². The molecule has 0 saturated carbocycles. The number of nitrogens with two attached hydrogens (primary N) is 1. The third-order valence-corrected chi connectivity index (χ3v) is 4.55. The molecule has 1 aliphatic carbocycles. The molecule has 2 aromatic carbocycles. The Balaban J connectivity index is 1.68. The van der Waals surface area contributed by atoms with Gasteiger partial charge in [-0.15, -0.1) is 0 Å². The van der Waals surface area contributed by atoms with E-state index in [0.717, 1.165) is 24.9 Å². The summed E-state index contributed by atoms with van der Waals surface area (Å²) in [6.07, 6.45) is 4.86. The molecule has 0 bridgehead atoms. The molecule has 0 saturated heterocycles. The monoisotopic (exact) mass is 308 g/mol. The number of hydrogen-bond acceptors (Lipinski definition) is 2. The number of primary amides is 1. The van der Waals surface area contributed by atoms with Crippen LogP contribution in [-0.2, 0) is 30.6 Å². The van der Waals surface area contributed by atoms with Crippen LogP contribution in [0.5, 0.6) is 0 Å². The maximum Gasteiger partial charge on any atom is 0.221 e. The average molecular weight is 308 g/mol. The maximum absolute atomic E-state index is 11.1. The number of rotatable bonds is 5. The predicted molar refractivity (Wildman–Crippen MR) is 93.1 cm³/mol. The highest BCUT2D eigenvalue weighted by Gasteiger charge is 2.17. The van der Waals surface area contributed by atoms with Gasteiger partial charge in [0.2, 0.25) is 5.91 Å². The fraction of sp³-hybridized carbons (Fsp3) is 0.350. The van der Waals surface area contributed by atoms with Crippen molar-refractivity contribution in [3.05, 3.63) is 70.8 Å². The zero-order valence-electron chi connectivity index (χ0n) is 13.4. The Morgan fingerprint density at radius 1 is 1.09 bits per heavy atom. The van der Waals surface area contributed by atoms with Crippen molar-refractivity contribution in [2.24, 2.45) is 5.73 Å². The first-order valence-corrected chi connectivity index (χ1v) is 8.37. The van der Waals surface area contributed by atoms with Crippen molar-refractivity contribution in [1.29, 1.82) is 0 Å². The molecule has 0 aliphatic heterocycles. The molecule has 1 aliphatic rings. The van der Waals surface area contributed by atoms with Gasteiger partial charge in [-0.3, -0.25) is 4.79 Å². The lowest BCUT2D eigenvalue weighted by atomic mass is 9.97. The topological polar surface area (TPSA) is 55.1 Å². The molecule has 0 aromatic heterocycles. The molecular weight excluding hydrogens is 284 g/mol. The lowest BCUT2D eigenvalue weighted by Crippen LogP contribution is -2.30. The summed E-state index contributed by atoms with van der Waals surface area (Å²) in [6, 6.07) is 17.4. The van der Waals surface area contributed by atoms with E-state index in [-0.39, 0.29) is 5.91 Å². The van der Waals surface area contributed by atoms with Crippen molar-refractivity contribution in [2.75, 3.05) is 0 Å². The Labute approximate surface area is 137 Å². The molecule has 1 unspecified atom stereocenters.